The van der Waals surface area contributed by atoms with Crippen LogP contribution in [0.15, 0.2) is 42.5 Å². The van der Waals surface area contributed by atoms with Gasteiger partial charge in [-0.3, -0.25) is 4.79 Å². The molecule has 0 saturated heterocycles. The predicted octanol–water partition coefficient (Wildman–Crippen LogP) is 3.24. The van der Waals surface area contributed by atoms with Crippen LogP contribution in [0.2, 0.25) is 5.02 Å². The largest absolute Gasteiger partial charge is 0.399 e. The molecule has 0 unspecified atom stereocenters. The Hall–Kier alpha value is -2.20. The van der Waals surface area contributed by atoms with Gasteiger partial charge in [0.1, 0.15) is 0 Å². The highest BCUT2D eigenvalue weighted by atomic mass is 35.5. The maximum Gasteiger partial charge on any atom is 0.255 e. The van der Waals surface area contributed by atoms with Crippen molar-refractivity contribution in [3.8, 4) is 0 Å². The second kappa shape index (κ2) is 5.84. The van der Waals surface area contributed by atoms with E-state index in [0.717, 1.165) is 11.4 Å². The normalized spacial score (nSPS) is 10.2. The van der Waals surface area contributed by atoms with E-state index in [0.29, 0.717) is 16.3 Å². The van der Waals surface area contributed by atoms with E-state index in [4.69, 9.17) is 17.3 Å². The van der Waals surface area contributed by atoms with Gasteiger partial charge in [0.15, 0.2) is 0 Å². The molecule has 2 rings (SSSR count). The van der Waals surface area contributed by atoms with E-state index in [1.54, 1.807) is 18.2 Å². The topological polar surface area (TPSA) is 58.4 Å². The molecular formula is C15H16ClN3O. The van der Waals surface area contributed by atoms with Crippen molar-refractivity contribution < 1.29 is 4.79 Å². The van der Waals surface area contributed by atoms with Crippen LogP contribution in [0.25, 0.3) is 0 Å². The molecule has 104 valence electrons. The van der Waals surface area contributed by atoms with Crippen molar-refractivity contribution in [1.82, 2.24) is 0 Å². The Kier molecular flexibility index (Phi) is 4.15. The number of nitrogens with one attached hydrogen (secondary N) is 1. The third-order valence-electron chi connectivity index (χ3n) is 2.82. The van der Waals surface area contributed by atoms with Crippen molar-refractivity contribution in [3.05, 3.63) is 53.1 Å². The molecule has 0 aromatic heterocycles. The van der Waals surface area contributed by atoms with Crippen LogP contribution in [0.5, 0.6) is 0 Å². The summed E-state index contributed by atoms with van der Waals surface area (Å²) in [6.07, 6.45) is 0. The molecule has 0 aliphatic carbocycles. The number of nitrogen functional groups attached to an aromatic ring is 1. The fraction of sp³-hybridized carbons (Fsp3) is 0.133. The van der Waals surface area contributed by atoms with Gasteiger partial charge in [-0.25, -0.2) is 0 Å². The number of nitrogens with zero attached hydrogens (tertiary/aromatic N) is 1. The number of halogens is 1. The number of hydrogen-bond donors (Lipinski definition) is 2. The number of carbonyl (C=O) groups excluding carboxylic acids is 1. The zero-order chi connectivity index (χ0) is 14.7. The molecule has 0 spiro atoms. The molecule has 0 heterocycles. The Morgan fingerprint density at radius 1 is 1.15 bits per heavy atom. The van der Waals surface area contributed by atoms with Crippen LogP contribution in [-0.4, -0.2) is 20.0 Å². The smallest absolute Gasteiger partial charge is 0.255 e. The lowest BCUT2D eigenvalue weighted by Gasteiger charge is -2.13. The minimum atomic E-state index is -0.239. The summed E-state index contributed by atoms with van der Waals surface area (Å²) in [7, 11) is 3.92. The number of rotatable bonds is 3. The molecule has 0 saturated carbocycles. The van der Waals surface area contributed by atoms with Crippen LogP contribution in [0.4, 0.5) is 17.1 Å². The summed E-state index contributed by atoms with van der Waals surface area (Å²) >= 11 is 5.89. The number of benzene rings is 2. The second-order valence-corrected chi connectivity index (χ2v) is 5.11. The third-order valence-corrected chi connectivity index (χ3v) is 3.04. The molecule has 20 heavy (non-hydrogen) atoms. The molecule has 3 N–H and O–H groups in total. The quantitative estimate of drug-likeness (QED) is 0.853. The lowest BCUT2D eigenvalue weighted by molar-refractivity contribution is 0.102. The summed E-state index contributed by atoms with van der Waals surface area (Å²) in [5.74, 6) is -0.239. The van der Waals surface area contributed by atoms with Gasteiger partial charge in [0, 0.05) is 41.7 Å². The first kappa shape index (κ1) is 14.2. The first-order valence-electron chi connectivity index (χ1n) is 6.10. The van der Waals surface area contributed by atoms with Gasteiger partial charge in [0.2, 0.25) is 0 Å². The maximum atomic E-state index is 12.1. The highest BCUT2D eigenvalue weighted by Gasteiger charge is 2.08. The van der Waals surface area contributed by atoms with Crippen molar-refractivity contribution in [1.29, 1.82) is 0 Å². The zero-order valence-corrected chi connectivity index (χ0v) is 12.1. The van der Waals surface area contributed by atoms with Gasteiger partial charge in [-0.15, -0.1) is 0 Å². The molecule has 1 amide bonds. The minimum Gasteiger partial charge on any atom is -0.399 e. The van der Waals surface area contributed by atoms with Gasteiger partial charge in [-0.2, -0.15) is 0 Å². The fourth-order valence-corrected chi connectivity index (χ4v) is 2.03. The zero-order valence-electron chi connectivity index (χ0n) is 11.4. The van der Waals surface area contributed by atoms with E-state index in [-0.39, 0.29) is 5.91 Å². The highest BCUT2D eigenvalue weighted by molar-refractivity contribution is 6.31. The Labute approximate surface area is 123 Å². The van der Waals surface area contributed by atoms with Gasteiger partial charge >= 0.3 is 0 Å². The Morgan fingerprint density at radius 3 is 2.35 bits per heavy atom. The van der Waals surface area contributed by atoms with E-state index in [9.17, 15) is 4.79 Å². The summed E-state index contributed by atoms with van der Waals surface area (Å²) in [5.41, 5.74) is 8.36. The van der Waals surface area contributed by atoms with Crippen LogP contribution in [0.3, 0.4) is 0 Å². The van der Waals surface area contributed by atoms with Crippen LogP contribution in [0, 0.1) is 0 Å². The molecule has 5 heteroatoms. The molecule has 4 nitrogen and oxygen atoms in total. The number of carbonyl (C=O) groups is 1. The average Bonchev–Trinajstić information content (AvgIpc) is 2.38. The summed E-state index contributed by atoms with van der Waals surface area (Å²) in [5, 5.41) is 3.25. The molecule has 2 aromatic carbocycles. The molecule has 2 aromatic rings. The van der Waals surface area contributed by atoms with Crippen molar-refractivity contribution in [2.75, 3.05) is 30.0 Å². The number of hydrogen-bond acceptors (Lipinski definition) is 3. The van der Waals surface area contributed by atoms with E-state index in [2.05, 4.69) is 5.32 Å². The number of nitrogens with two attached hydrogens (primary N) is 1. The van der Waals surface area contributed by atoms with E-state index >= 15 is 0 Å². The van der Waals surface area contributed by atoms with Gasteiger partial charge in [0.05, 0.1) is 0 Å². The Morgan fingerprint density at radius 2 is 1.80 bits per heavy atom. The third kappa shape index (κ3) is 3.42. The SMILES string of the molecule is CN(C)c1ccc(NC(=O)c2cc(N)cc(Cl)c2)cc1. The summed E-state index contributed by atoms with van der Waals surface area (Å²) in [6.45, 7) is 0. The standard InChI is InChI=1S/C15H16ClN3O/c1-19(2)14-5-3-13(4-6-14)18-15(20)10-7-11(16)9-12(17)8-10/h3-9H,17H2,1-2H3,(H,18,20). The van der Waals surface area contributed by atoms with E-state index in [1.165, 1.54) is 0 Å². The molecule has 0 aliphatic heterocycles. The molecule has 0 radical (unpaired) electrons. The molecular weight excluding hydrogens is 274 g/mol. The molecule has 0 aliphatic rings. The Balaban J connectivity index is 2.14. The summed E-state index contributed by atoms with van der Waals surface area (Å²) < 4.78 is 0. The van der Waals surface area contributed by atoms with Gasteiger partial charge in [-0.1, -0.05) is 11.6 Å². The van der Waals surface area contributed by atoms with Crippen LogP contribution in [-0.2, 0) is 0 Å². The maximum absolute atomic E-state index is 12.1. The van der Waals surface area contributed by atoms with Gasteiger partial charge < -0.3 is 16.0 Å². The van der Waals surface area contributed by atoms with Crippen molar-refractivity contribution in [3.63, 3.8) is 0 Å². The monoisotopic (exact) mass is 289 g/mol. The summed E-state index contributed by atoms with van der Waals surface area (Å²) in [4.78, 5) is 14.1. The summed E-state index contributed by atoms with van der Waals surface area (Å²) in [6, 6.07) is 12.3. The minimum absolute atomic E-state index is 0.239. The van der Waals surface area contributed by atoms with Crippen LogP contribution in [0.1, 0.15) is 10.4 Å². The highest BCUT2D eigenvalue weighted by Crippen LogP contribution is 2.19. The predicted molar refractivity (Wildman–Crippen MR) is 84.6 cm³/mol. The molecule has 0 bridgehead atoms. The Bertz CT molecular complexity index is 603. The molecule has 0 atom stereocenters. The van der Waals surface area contributed by atoms with Gasteiger partial charge in [0.25, 0.3) is 5.91 Å². The lowest BCUT2D eigenvalue weighted by Crippen LogP contribution is -2.13. The first-order valence-corrected chi connectivity index (χ1v) is 6.48. The van der Waals surface area contributed by atoms with Crippen molar-refractivity contribution in [2.45, 2.75) is 0 Å². The van der Waals surface area contributed by atoms with Crippen LogP contribution >= 0.6 is 11.6 Å². The van der Waals surface area contributed by atoms with E-state index < -0.39 is 0 Å². The molecule has 0 fully saturated rings. The lowest BCUT2D eigenvalue weighted by atomic mass is 10.2. The van der Waals surface area contributed by atoms with E-state index in [1.807, 2.05) is 43.3 Å². The number of anilines is 3. The van der Waals surface area contributed by atoms with Crippen molar-refractivity contribution in [2.24, 2.45) is 0 Å². The van der Waals surface area contributed by atoms with Crippen molar-refractivity contribution >= 4 is 34.6 Å². The number of amides is 1. The average molecular weight is 290 g/mol. The second-order valence-electron chi connectivity index (χ2n) is 4.67. The first-order chi connectivity index (χ1) is 9.45. The van der Waals surface area contributed by atoms with Crippen LogP contribution < -0.4 is 16.0 Å². The van der Waals surface area contributed by atoms with Gasteiger partial charge in [-0.05, 0) is 42.5 Å². The fourth-order valence-electron chi connectivity index (χ4n) is 1.79.